The van der Waals surface area contributed by atoms with Crippen molar-refractivity contribution < 1.29 is 9.84 Å². The van der Waals surface area contributed by atoms with Gasteiger partial charge < -0.3 is 15.2 Å². The third kappa shape index (κ3) is 3.51. The highest BCUT2D eigenvalue weighted by atomic mass is 16.5. The Hall–Kier alpha value is -1.06. The molecule has 2 atom stereocenters. The van der Waals surface area contributed by atoms with Crippen molar-refractivity contribution in [2.75, 3.05) is 13.7 Å². The van der Waals surface area contributed by atoms with E-state index in [2.05, 4.69) is 11.9 Å². The molecule has 3 heteroatoms. The molecule has 1 aliphatic heterocycles. The van der Waals surface area contributed by atoms with Crippen molar-refractivity contribution in [3.05, 3.63) is 36.1 Å². The van der Waals surface area contributed by atoms with Crippen molar-refractivity contribution in [3.63, 3.8) is 0 Å². The highest BCUT2D eigenvalue weighted by molar-refractivity contribution is 5.26. The van der Waals surface area contributed by atoms with Crippen molar-refractivity contribution >= 4 is 0 Å². The van der Waals surface area contributed by atoms with Crippen LogP contribution < -0.4 is 5.32 Å². The van der Waals surface area contributed by atoms with Crippen molar-refractivity contribution in [1.82, 2.24) is 5.32 Å². The van der Waals surface area contributed by atoms with Gasteiger partial charge in [-0.1, -0.05) is 12.7 Å². The number of rotatable bonds is 5. The Labute approximate surface area is 97.5 Å². The molecule has 1 fully saturated rings. The normalized spacial score (nSPS) is 23.7. The molecule has 0 saturated carbocycles. The van der Waals surface area contributed by atoms with Crippen LogP contribution in [-0.4, -0.2) is 30.9 Å². The second kappa shape index (κ2) is 6.51. The Morgan fingerprint density at radius 1 is 1.56 bits per heavy atom. The summed E-state index contributed by atoms with van der Waals surface area (Å²) in [4.78, 5) is 0. The molecule has 0 spiro atoms. The van der Waals surface area contributed by atoms with Crippen molar-refractivity contribution in [2.45, 2.75) is 31.9 Å². The maximum Gasteiger partial charge on any atom is 0.114 e. The Morgan fingerprint density at radius 3 is 2.81 bits per heavy atom. The summed E-state index contributed by atoms with van der Waals surface area (Å²) in [6.45, 7) is 6.77. The first kappa shape index (κ1) is 13.0. The van der Waals surface area contributed by atoms with E-state index >= 15 is 0 Å². The predicted octanol–water partition coefficient (Wildman–Crippen LogP) is 1.76. The van der Waals surface area contributed by atoms with Crippen LogP contribution in [0.25, 0.3) is 0 Å². The molecule has 0 unspecified atom stereocenters. The third-order valence-corrected chi connectivity index (χ3v) is 2.84. The van der Waals surface area contributed by atoms with Gasteiger partial charge in [0.1, 0.15) is 5.76 Å². The second-order valence-corrected chi connectivity index (χ2v) is 3.95. The minimum Gasteiger partial charge on any atom is -0.497 e. The van der Waals surface area contributed by atoms with Crippen LogP contribution in [0.15, 0.2) is 36.1 Å². The molecule has 1 rings (SSSR count). The molecular weight excluding hydrogens is 202 g/mol. The van der Waals surface area contributed by atoms with E-state index in [1.807, 2.05) is 25.2 Å². The monoisotopic (exact) mass is 223 g/mol. The van der Waals surface area contributed by atoms with E-state index in [1.165, 1.54) is 0 Å². The summed E-state index contributed by atoms with van der Waals surface area (Å²) in [5.41, 5.74) is 0.718. The van der Waals surface area contributed by atoms with E-state index in [9.17, 15) is 5.11 Å². The maximum atomic E-state index is 10.0. The zero-order valence-corrected chi connectivity index (χ0v) is 10.1. The van der Waals surface area contributed by atoms with E-state index in [-0.39, 0.29) is 6.04 Å². The number of nitrogens with one attached hydrogen (secondary N) is 1. The van der Waals surface area contributed by atoms with Crippen molar-refractivity contribution in [2.24, 2.45) is 0 Å². The smallest absolute Gasteiger partial charge is 0.114 e. The zero-order chi connectivity index (χ0) is 12.0. The Morgan fingerprint density at radius 2 is 2.31 bits per heavy atom. The van der Waals surface area contributed by atoms with Crippen molar-refractivity contribution in [3.8, 4) is 0 Å². The Balaban J connectivity index is 2.50. The van der Waals surface area contributed by atoms with Gasteiger partial charge in [0, 0.05) is 6.04 Å². The molecule has 1 heterocycles. The maximum absolute atomic E-state index is 10.0. The van der Waals surface area contributed by atoms with Crippen LogP contribution in [0.2, 0.25) is 0 Å². The standard InChI is InChI=1S/C13H21NO2/c1-4-11(16-3)8-7-10(2)13(15)12-6-5-9-14-12/h4,7-8,12-15H,2,5-6,9H2,1,3H3/b8-7-,11-4+/t12-,13+/m0/s1. The molecule has 0 radical (unpaired) electrons. The molecular formula is C13H21NO2. The molecule has 0 aliphatic carbocycles. The molecule has 1 saturated heterocycles. The average molecular weight is 223 g/mol. The lowest BCUT2D eigenvalue weighted by atomic mass is 10.0. The van der Waals surface area contributed by atoms with Gasteiger partial charge in [0.2, 0.25) is 0 Å². The highest BCUT2D eigenvalue weighted by Gasteiger charge is 2.23. The molecule has 0 aromatic heterocycles. The number of aliphatic hydroxyl groups excluding tert-OH is 1. The molecule has 16 heavy (non-hydrogen) atoms. The molecule has 90 valence electrons. The van der Waals surface area contributed by atoms with Gasteiger partial charge in [0.25, 0.3) is 0 Å². The van der Waals surface area contributed by atoms with Crippen LogP contribution >= 0.6 is 0 Å². The van der Waals surface area contributed by atoms with Crippen LogP contribution in [0.5, 0.6) is 0 Å². The lowest BCUT2D eigenvalue weighted by Crippen LogP contribution is -2.35. The third-order valence-electron chi connectivity index (χ3n) is 2.84. The summed E-state index contributed by atoms with van der Waals surface area (Å²) in [6.07, 6.45) is 7.12. The van der Waals surface area contributed by atoms with Gasteiger partial charge in [-0.05, 0) is 44.0 Å². The molecule has 1 aliphatic rings. The van der Waals surface area contributed by atoms with E-state index < -0.39 is 6.10 Å². The average Bonchev–Trinajstić information content (AvgIpc) is 2.82. The molecule has 3 nitrogen and oxygen atoms in total. The largest absolute Gasteiger partial charge is 0.497 e. The van der Waals surface area contributed by atoms with Gasteiger partial charge in [0.15, 0.2) is 0 Å². The quantitative estimate of drug-likeness (QED) is 0.551. The second-order valence-electron chi connectivity index (χ2n) is 3.95. The lowest BCUT2D eigenvalue weighted by Gasteiger charge is -2.18. The fourth-order valence-electron chi connectivity index (χ4n) is 1.81. The molecule has 2 N–H and O–H groups in total. The molecule has 0 aromatic carbocycles. The van der Waals surface area contributed by atoms with E-state index in [0.717, 1.165) is 30.7 Å². The van der Waals surface area contributed by atoms with Crippen LogP contribution in [0, 0.1) is 0 Å². The molecule has 0 aromatic rings. The van der Waals surface area contributed by atoms with Gasteiger partial charge in [-0.3, -0.25) is 0 Å². The fourth-order valence-corrected chi connectivity index (χ4v) is 1.81. The minimum atomic E-state index is -0.506. The van der Waals surface area contributed by atoms with E-state index in [4.69, 9.17) is 4.74 Å². The number of allylic oxidation sites excluding steroid dienone is 2. The van der Waals surface area contributed by atoms with E-state index in [0.29, 0.717) is 0 Å². The number of ether oxygens (including phenoxy) is 1. The predicted molar refractivity (Wildman–Crippen MR) is 66.1 cm³/mol. The Kier molecular flexibility index (Phi) is 5.29. The minimum absolute atomic E-state index is 0.147. The molecule has 0 amide bonds. The summed E-state index contributed by atoms with van der Waals surface area (Å²) in [6, 6.07) is 0.147. The SMILES string of the molecule is C=C(/C=C\C(=C/C)OC)[C@@H](O)[C@@H]1CCCN1. The number of aliphatic hydroxyl groups is 1. The first-order valence-electron chi connectivity index (χ1n) is 5.67. The van der Waals surface area contributed by atoms with Gasteiger partial charge in [-0.25, -0.2) is 0 Å². The van der Waals surface area contributed by atoms with E-state index in [1.54, 1.807) is 7.11 Å². The van der Waals surface area contributed by atoms with Gasteiger partial charge in [0.05, 0.1) is 13.2 Å². The van der Waals surface area contributed by atoms with Crippen LogP contribution in [0.4, 0.5) is 0 Å². The Bertz CT molecular complexity index is 288. The van der Waals surface area contributed by atoms with Gasteiger partial charge in [-0.2, -0.15) is 0 Å². The number of methoxy groups -OCH3 is 1. The first-order chi connectivity index (χ1) is 7.69. The van der Waals surface area contributed by atoms with Crippen LogP contribution in [0.1, 0.15) is 19.8 Å². The summed E-state index contributed by atoms with van der Waals surface area (Å²) in [5, 5.41) is 13.3. The summed E-state index contributed by atoms with van der Waals surface area (Å²) in [5.74, 6) is 0.771. The van der Waals surface area contributed by atoms with Gasteiger partial charge in [-0.15, -0.1) is 0 Å². The first-order valence-corrected chi connectivity index (χ1v) is 5.67. The van der Waals surface area contributed by atoms with Crippen LogP contribution in [0.3, 0.4) is 0 Å². The van der Waals surface area contributed by atoms with Crippen molar-refractivity contribution in [1.29, 1.82) is 0 Å². The fraction of sp³-hybridized carbons (Fsp3) is 0.538. The highest BCUT2D eigenvalue weighted by Crippen LogP contribution is 2.15. The number of hydrogen-bond donors (Lipinski definition) is 2. The summed E-state index contributed by atoms with van der Waals surface area (Å²) < 4.78 is 5.09. The van der Waals surface area contributed by atoms with Crippen LogP contribution in [-0.2, 0) is 4.74 Å². The topological polar surface area (TPSA) is 41.5 Å². The molecule has 0 bridgehead atoms. The lowest BCUT2D eigenvalue weighted by molar-refractivity contribution is 0.173. The van der Waals surface area contributed by atoms with Gasteiger partial charge >= 0.3 is 0 Å². The summed E-state index contributed by atoms with van der Waals surface area (Å²) >= 11 is 0. The summed E-state index contributed by atoms with van der Waals surface area (Å²) in [7, 11) is 1.62. The zero-order valence-electron chi connectivity index (χ0n) is 10.1. The number of hydrogen-bond acceptors (Lipinski definition) is 3.